The molecule has 0 unspecified atom stereocenters. The van der Waals surface area contributed by atoms with Crippen LogP contribution in [-0.4, -0.2) is 53.2 Å². The van der Waals surface area contributed by atoms with Gasteiger partial charge >= 0.3 is 5.97 Å². The maximum Gasteiger partial charge on any atom is 0.309 e. The van der Waals surface area contributed by atoms with Crippen LogP contribution in [0.25, 0.3) is 11.4 Å². The lowest BCUT2D eigenvalue weighted by atomic mass is 9.97. The van der Waals surface area contributed by atoms with E-state index < -0.39 is 0 Å². The van der Waals surface area contributed by atoms with Gasteiger partial charge in [-0.3, -0.25) is 4.79 Å². The Morgan fingerprint density at radius 3 is 2.86 bits per heavy atom. The Bertz CT molecular complexity index is 846. The molecule has 2 heterocycles. The van der Waals surface area contributed by atoms with Crippen molar-refractivity contribution in [2.45, 2.75) is 33.2 Å². The van der Waals surface area contributed by atoms with E-state index in [2.05, 4.69) is 25.3 Å². The smallest absolute Gasteiger partial charge is 0.309 e. The molecule has 1 aromatic carbocycles. The molecule has 8 nitrogen and oxygen atoms in total. The normalized spacial score (nSPS) is 15.4. The van der Waals surface area contributed by atoms with Crippen LogP contribution in [0.5, 0.6) is 0 Å². The summed E-state index contributed by atoms with van der Waals surface area (Å²) >= 11 is 6.02. The third-order valence-electron chi connectivity index (χ3n) is 4.66. The van der Waals surface area contributed by atoms with Gasteiger partial charge in [0.1, 0.15) is 6.54 Å². The molecule has 156 valence electrons. The highest BCUT2D eigenvalue weighted by Gasteiger charge is 2.27. The average Bonchev–Trinajstić information content (AvgIpc) is 3.20. The van der Waals surface area contributed by atoms with Gasteiger partial charge in [0.2, 0.25) is 11.7 Å². The van der Waals surface area contributed by atoms with Crippen LogP contribution in [0.15, 0.2) is 33.8 Å². The van der Waals surface area contributed by atoms with E-state index in [0.717, 1.165) is 44.0 Å². The molecule has 9 heteroatoms. The Morgan fingerprint density at radius 1 is 1.38 bits per heavy atom. The van der Waals surface area contributed by atoms with Crippen molar-refractivity contribution in [2.24, 2.45) is 10.9 Å². The molecule has 0 radical (unpaired) electrons. The van der Waals surface area contributed by atoms with Crippen LogP contribution < -0.4 is 5.32 Å². The van der Waals surface area contributed by atoms with Crippen molar-refractivity contribution >= 4 is 23.5 Å². The van der Waals surface area contributed by atoms with Crippen molar-refractivity contribution in [1.82, 2.24) is 20.4 Å². The summed E-state index contributed by atoms with van der Waals surface area (Å²) in [6.07, 6.45) is 1.51. The van der Waals surface area contributed by atoms with Gasteiger partial charge in [0.25, 0.3) is 0 Å². The van der Waals surface area contributed by atoms with Crippen LogP contribution in [0.1, 0.15) is 32.6 Å². The lowest BCUT2D eigenvalue weighted by Gasteiger charge is -2.33. The monoisotopic (exact) mass is 419 g/mol. The molecule has 1 fully saturated rings. The number of hydrogen-bond acceptors (Lipinski definition) is 6. The van der Waals surface area contributed by atoms with Crippen LogP contribution >= 0.6 is 11.6 Å². The van der Waals surface area contributed by atoms with Gasteiger partial charge in [-0.05, 0) is 38.8 Å². The summed E-state index contributed by atoms with van der Waals surface area (Å²) in [6, 6.07) is 7.30. The second kappa shape index (κ2) is 10.2. The van der Waals surface area contributed by atoms with Gasteiger partial charge in [-0.2, -0.15) is 4.98 Å². The number of nitrogens with one attached hydrogen (secondary N) is 1. The van der Waals surface area contributed by atoms with Gasteiger partial charge in [0, 0.05) is 30.2 Å². The highest BCUT2D eigenvalue weighted by Crippen LogP contribution is 2.21. The van der Waals surface area contributed by atoms with Crippen molar-refractivity contribution in [3.8, 4) is 11.4 Å². The van der Waals surface area contributed by atoms with Gasteiger partial charge in [-0.15, -0.1) is 0 Å². The maximum absolute atomic E-state index is 11.9. The molecular weight excluding hydrogens is 394 g/mol. The van der Waals surface area contributed by atoms with Crippen LogP contribution in [0.2, 0.25) is 5.02 Å². The third kappa shape index (κ3) is 5.69. The van der Waals surface area contributed by atoms with Crippen molar-refractivity contribution in [3.63, 3.8) is 0 Å². The summed E-state index contributed by atoms with van der Waals surface area (Å²) in [5.41, 5.74) is 0.796. The second-order valence-corrected chi connectivity index (χ2v) is 7.14. The number of piperidine rings is 1. The van der Waals surface area contributed by atoms with E-state index in [0.29, 0.717) is 23.3 Å². The van der Waals surface area contributed by atoms with Crippen LogP contribution in [0.3, 0.4) is 0 Å². The Balaban J connectivity index is 1.62. The Morgan fingerprint density at radius 2 is 2.17 bits per heavy atom. The Kier molecular flexibility index (Phi) is 7.46. The minimum absolute atomic E-state index is 0.0368. The van der Waals surface area contributed by atoms with E-state index in [1.165, 1.54) is 0 Å². The number of aromatic nitrogens is 2. The highest BCUT2D eigenvalue weighted by molar-refractivity contribution is 6.30. The van der Waals surface area contributed by atoms with Gasteiger partial charge in [0.15, 0.2) is 5.96 Å². The van der Waals surface area contributed by atoms with E-state index in [1.807, 2.05) is 26.0 Å². The maximum atomic E-state index is 11.9. The average molecular weight is 420 g/mol. The molecule has 1 aliphatic heterocycles. The minimum Gasteiger partial charge on any atom is -0.466 e. The Hall–Kier alpha value is -2.61. The molecule has 3 rings (SSSR count). The van der Waals surface area contributed by atoms with Crippen molar-refractivity contribution in [3.05, 3.63) is 35.2 Å². The number of benzene rings is 1. The number of carbonyl (C=O) groups excluding carboxylic acids is 1. The Labute approximate surface area is 175 Å². The van der Waals surface area contributed by atoms with Crippen LogP contribution in [0.4, 0.5) is 0 Å². The van der Waals surface area contributed by atoms with Gasteiger partial charge in [-0.1, -0.05) is 28.9 Å². The molecule has 1 saturated heterocycles. The number of likely N-dealkylation sites (tertiary alicyclic amines) is 1. The first-order valence-electron chi connectivity index (χ1n) is 9.89. The van der Waals surface area contributed by atoms with Gasteiger partial charge < -0.3 is 19.5 Å². The summed E-state index contributed by atoms with van der Waals surface area (Å²) < 4.78 is 10.5. The molecule has 0 aliphatic carbocycles. The predicted octanol–water partition coefficient (Wildman–Crippen LogP) is 3.13. The molecular formula is C20H26ClN5O3. The molecule has 0 saturated carbocycles. The molecule has 0 spiro atoms. The van der Waals surface area contributed by atoms with E-state index in [9.17, 15) is 4.79 Å². The molecule has 1 N–H and O–H groups in total. The van der Waals surface area contributed by atoms with E-state index in [1.54, 1.807) is 12.1 Å². The van der Waals surface area contributed by atoms with Gasteiger partial charge in [0.05, 0.1) is 12.5 Å². The van der Waals surface area contributed by atoms with Crippen molar-refractivity contribution in [2.75, 3.05) is 26.2 Å². The molecule has 2 aromatic rings. The zero-order valence-electron chi connectivity index (χ0n) is 16.7. The summed E-state index contributed by atoms with van der Waals surface area (Å²) in [5, 5.41) is 7.92. The molecule has 0 atom stereocenters. The fourth-order valence-corrected chi connectivity index (χ4v) is 3.41. The highest BCUT2D eigenvalue weighted by atomic mass is 35.5. The quantitative estimate of drug-likeness (QED) is 0.436. The zero-order valence-corrected chi connectivity index (χ0v) is 17.5. The number of hydrogen-bond donors (Lipinski definition) is 1. The number of halogens is 1. The zero-order chi connectivity index (χ0) is 20.6. The first-order chi connectivity index (χ1) is 14.1. The standard InChI is InChI=1S/C20H26ClN5O3/c1-3-22-20(26-10-8-14(9-11-26)19(27)28-4-2)23-13-17-24-18(25-29-17)15-6-5-7-16(21)12-15/h5-7,12,14H,3-4,8-11,13H2,1-2H3,(H,22,23). The number of nitrogens with zero attached hydrogens (tertiary/aromatic N) is 4. The number of rotatable bonds is 6. The van der Waals surface area contributed by atoms with E-state index >= 15 is 0 Å². The number of esters is 1. The number of ether oxygens (including phenoxy) is 1. The van der Waals surface area contributed by atoms with Crippen molar-refractivity contribution < 1.29 is 14.1 Å². The minimum atomic E-state index is -0.103. The van der Waals surface area contributed by atoms with Crippen molar-refractivity contribution in [1.29, 1.82) is 0 Å². The largest absolute Gasteiger partial charge is 0.466 e. The molecule has 1 aliphatic rings. The number of carbonyl (C=O) groups is 1. The van der Waals surface area contributed by atoms with Crippen LogP contribution in [0, 0.1) is 5.92 Å². The first-order valence-corrected chi connectivity index (χ1v) is 10.3. The molecule has 1 aromatic heterocycles. The van der Waals surface area contributed by atoms with E-state index in [4.69, 9.17) is 20.9 Å². The molecule has 0 bridgehead atoms. The lowest BCUT2D eigenvalue weighted by molar-refractivity contribution is -0.149. The third-order valence-corrected chi connectivity index (χ3v) is 4.90. The fraction of sp³-hybridized carbons (Fsp3) is 0.500. The SMILES string of the molecule is CCNC(=NCc1nc(-c2cccc(Cl)c2)no1)N1CCC(C(=O)OCC)CC1. The lowest BCUT2D eigenvalue weighted by Crippen LogP contribution is -2.46. The number of aliphatic imine (C=N–C) groups is 1. The van der Waals surface area contributed by atoms with Gasteiger partial charge in [-0.25, -0.2) is 4.99 Å². The molecule has 0 amide bonds. The molecule has 29 heavy (non-hydrogen) atoms. The summed E-state index contributed by atoms with van der Waals surface area (Å²) in [4.78, 5) is 23.1. The first kappa shape index (κ1) is 21.1. The summed E-state index contributed by atoms with van der Waals surface area (Å²) in [7, 11) is 0. The second-order valence-electron chi connectivity index (χ2n) is 6.71. The van der Waals surface area contributed by atoms with E-state index in [-0.39, 0.29) is 18.4 Å². The summed E-state index contributed by atoms with van der Waals surface area (Å²) in [6.45, 7) is 6.77. The fourth-order valence-electron chi connectivity index (χ4n) is 3.22. The predicted molar refractivity (Wildman–Crippen MR) is 110 cm³/mol. The topological polar surface area (TPSA) is 92.9 Å². The number of guanidine groups is 1. The summed E-state index contributed by atoms with van der Waals surface area (Å²) in [5.74, 6) is 1.55. The van der Waals surface area contributed by atoms with Crippen LogP contribution in [-0.2, 0) is 16.1 Å².